The number of rotatable bonds is 5. The second-order valence-electron chi connectivity index (χ2n) is 5.82. The van der Waals surface area contributed by atoms with E-state index in [1.807, 2.05) is 29.6 Å². The summed E-state index contributed by atoms with van der Waals surface area (Å²) in [5.41, 5.74) is 1.90. The molecule has 0 aliphatic heterocycles. The van der Waals surface area contributed by atoms with Crippen LogP contribution in [-0.2, 0) is 0 Å². The van der Waals surface area contributed by atoms with E-state index in [2.05, 4.69) is 15.6 Å². The van der Waals surface area contributed by atoms with E-state index in [1.165, 1.54) is 22.7 Å². The van der Waals surface area contributed by atoms with E-state index < -0.39 is 0 Å². The smallest absolute Gasteiger partial charge is 0.265 e. The van der Waals surface area contributed by atoms with Gasteiger partial charge < -0.3 is 10.1 Å². The summed E-state index contributed by atoms with van der Waals surface area (Å²) in [5, 5.41) is 7.98. The molecule has 0 unspecified atom stereocenters. The Morgan fingerprint density at radius 1 is 1.00 bits per heavy atom. The van der Waals surface area contributed by atoms with Crippen molar-refractivity contribution in [1.29, 1.82) is 0 Å². The molecule has 0 saturated heterocycles. The van der Waals surface area contributed by atoms with Crippen LogP contribution in [-0.4, -0.2) is 23.9 Å². The minimum atomic E-state index is -0.262. The monoisotopic (exact) mass is 409 g/mol. The number of carbonyl (C=O) groups is 2. The van der Waals surface area contributed by atoms with Crippen molar-refractivity contribution in [2.45, 2.75) is 0 Å². The SMILES string of the molecule is COc1ccc2nc(NC(=O)c3ccc(NC(=O)c4cccs4)cc3)sc2c1. The molecule has 2 N–H and O–H groups in total. The van der Waals surface area contributed by atoms with Crippen LogP contribution in [0.1, 0.15) is 20.0 Å². The van der Waals surface area contributed by atoms with Crippen molar-refractivity contribution < 1.29 is 14.3 Å². The molecule has 140 valence electrons. The number of fused-ring (bicyclic) bond motifs is 1. The van der Waals surface area contributed by atoms with Gasteiger partial charge in [0, 0.05) is 11.3 Å². The standard InChI is InChI=1S/C20H15N3O3S2/c1-26-14-8-9-15-17(11-14)28-20(22-15)23-18(24)12-4-6-13(7-5-12)21-19(25)16-3-2-10-27-16/h2-11H,1H3,(H,21,25)(H,22,23,24). The van der Waals surface area contributed by atoms with Gasteiger partial charge in [-0.3, -0.25) is 14.9 Å². The minimum Gasteiger partial charge on any atom is -0.497 e. The first-order valence-corrected chi connectivity index (χ1v) is 10.0. The average molecular weight is 409 g/mol. The molecular weight excluding hydrogens is 394 g/mol. The second kappa shape index (κ2) is 7.79. The maximum absolute atomic E-state index is 12.5. The number of thiophene rings is 1. The predicted octanol–water partition coefficient (Wildman–Crippen LogP) is 4.87. The molecule has 2 heterocycles. The summed E-state index contributed by atoms with van der Waals surface area (Å²) in [6, 6.07) is 15.9. The van der Waals surface area contributed by atoms with Crippen LogP contribution in [0.15, 0.2) is 60.0 Å². The van der Waals surface area contributed by atoms with E-state index in [0.717, 1.165) is 16.0 Å². The third kappa shape index (κ3) is 3.88. The van der Waals surface area contributed by atoms with E-state index >= 15 is 0 Å². The molecule has 0 radical (unpaired) electrons. The van der Waals surface area contributed by atoms with E-state index in [1.54, 1.807) is 37.4 Å². The van der Waals surface area contributed by atoms with E-state index in [9.17, 15) is 9.59 Å². The highest BCUT2D eigenvalue weighted by molar-refractivity contribution is 7.22. The van der Waals surface area contributed by atoms with E-state index in [-0.39, 0.29) is 11.8 Å². The molecule has 6 nitrogen and oxygen atoms in total. The first kappa shape index (κ1) is 18.1. The molecule has 2 aromatic carbocycles. The van der Waals surface area contributed by atoms with Gasteiger partial charge in [-0.25, -0.2) is 4.98 Å². The number of carbonyl (C=O) groups excluding carboxylic acids is 2. The highest BCUT2D eigenvalue weighted by Gasteiger charge is 2.12. The van der Waals surface area contributed by atoms with Gasteiger partial charge in [0.05, 0.1) is 22.2 Å². The predicted molar refractivity (Wildman–Crippen MR) is 113 cm³/mol. The zero-order valence-corrected chi connectivity index (χ0v) is 16.4. The molecular formula is C20H15N3O3S2. The second-order valence-corrected chi connectivity index (χ2v) is 7.79. The number of hydrogen-bond donors (Lipinski definition) is 2. The topological polar surface area (TPSA) is 80.3 Å². The molecule has 0 atom stereocenters. The number of anilines is 2. The molecule has 4 rings (SSSR count). The van der Waals surface area contributed by atoms with Crippen molar-refractivity contribution in [2.75, 3.05) is 17.7 Å². The highest BCUT2D eigenvalue weighted by atomic mass is 32.1. The number of amides is 2. The van der Waals surface area contributed by atoms with E-state index in [4.69, 9.17) is 4.74 Å². The molecule has 4 aromatic rings. The third-order valence-corrected chi connectivity index (χ3v) is 5.77. The fourth-order valence-electron chi connectivity index (χ4n) is 2.56. The summed E-state index contributed by atoms with van der Waals surface area (Å²) in [6.45, 7) is 0. The maximum atomic E-state index is 12.5. The van der Waals surface area contributed by atoms with Crippen LogP contribution in [0.25, 0.3) is 10.2 Å². The quantitative estimate of drug-likeness (QED) is 0.493. The van der Waals surface area contributed by atoms with Gasteiger partial charge >= 0.3 is 0 Å². The Bertz CT molecular complexity index is 1140. The number of aromatic nitrogens is 1. The van der Waals surface area contributed by atoms with Gasteiger partial charge in [-0.05, 0) is 53.9 Å². The summed E-state index contributed by atoms with van der Waals surface area (Å²) in [4.78, 5) is 29.6. The zero-order valence-electron chi connectivity index (χ0n) is 14.8. The van der Waals surface area contributed by atoms with Crippen LogP contribution in [0, 0.1) is 0 Å². The number of benzene rings is 2. The summed E-state index contributed by atoms with van der Waals surface area (Å²) in [7, 11) is 1.61. The Morgan fingerprint density at radius 2 is 1.82 bits per heavy atom. The Kier molecular flexibility index (Phi) is 5.05. The Labute approximate surface area is 168 Å². The lowest BCUT2D eigenvalue weighted by Crippen LogP contribution is -2.13. The first-order chi connectivity index (χ1) is 13.6. The summed E-state index contributed by atoms with van der Waals surface area (Å²) >= 11 is 2.75. The fraction of sp³-hybridized carbons (Fsp3) is 0.0500. The summed E-state index contributed by atoms with van der Waals surface area (Å²) in [6.07, 6.45) is 0. The number of hydrogen-bond acceptors (Lipinski definition) is 6. The van der Waals surface area contributed by atoms with Crippen LogP contribution in [0.5, 0.6) is 5.75 Å². The highest BCUT2D eigenvalue weighted by Crippen LogP contribution is 2.29. The normalized spacial score (nSPS) is 10.6. The van der Waals surface area contributed by atoms with Crippen molar-refractivity contribution in [3.63, 3.8) is 0 Å². The molecule has 28 heavy (non-hydrogen) atoms. The molecule has 0 aliphatic carbocycles. The Balaban J connectivity index is 1.44. The number of nitrogens with one attached hydrogen (secondary N) is 2. The Hall–Kier alpha value is -3.23. The molecule has 2 amide bonds. The largest absolute Gasteiger partial charge is 0.497 e. The molecule has 0 aliphatic rings. The zero-order chi connectivity index (χ0) is 19.5. The van der Waals surface area contributed by atoms with Crippen molar-refractivity contribution in [3.8, 4) is 5.75 Å². The van der Waals surface area contributed by atoms with Crippen LogP contribution in [0.2, 0.25) is 0 Å². The van der Waals surface area contributed by atoms with Crippen molar-refractivity contribution in [3.05, 3.63) is 70.4 Å². The van der Waals surface area contributed by atoms with Crippen LogP contribution in [0.3, 0.4) is 0 Å². The van der Waals surface area contributed by atoms with Gasteiger partial charge in [0.1, 0.15) is 5.75 Å². The molecule has 0 fully saturated rings. The lowest BCUT2D eigenvalue weighted by molar-refractivity contribution is 0.102. The fourth-order valence-corrected chi connectivity index (χ4v) is 4.07. The lowest BCUT2D eigenvalue weighted by atomic mass is 10.2. The lowest BCUT2D eigenvalue weighted by Gasteiger charge is -2.05. The number of thiazole rings is 1. The van der Waals surface area contributed by atoms with Crippen molar-refractivity contribution in [1.82, 2.24) is 4.98 Å². The molecule has 0 saturated carbocycles. The Morgan fingerprint density at radius 3 is 2.54 bits per heavy atom. The molecule has 2 aromatic heterocycles. The van der Waals surface area contributed by atoms with Gasteiger partial charge in [0.2, 0.25) is 0 Å². The van der Waals surface area contributed by atoms with Gasteiger partial charge in [0.25, 0.3) is 11.8 Å². The number of methoxy groups -OCH3 is 1. The van der Waals surface area contributed by atoms with Crippen LogP contribution in [0.4, 0.5) is 10.8 Å². The summed E-state index contributed by atoms with van der Waals surface area (Å²) < 4.78 is 6.14. The maximum Gasteiger partial charge on any atom is 0.265 e. The molecule has 0 bridgehead atoms. The molecule has 8 heteroatoms. The van der Waals surface area contributed by atoms with Crippen LogP contribution >= 0.6 is 22.7 Å². The van der Waals surface area contributed by atoms with Gasteiger partial charge in [-0.15, -0.1) is 11.3 Å². The van der Waals surface area contributed by atoms with Gasteiger partial charge in [-0.1, -0.05) is 17.4 Å². The van der Waals surface area contributed by atoms with Crippen LogP contribution < -0.4 is 15.4 Å². The first-order valence-electron chi connectivity index (χ1n) is 8.33. The average Bonchev–Trinajstić information content (AvgIpc) is 3.37. The van der Waals surface area contributed by atoms with Crippen molar-refractivity contribution in [2.24, 2.45) is 0 Å². The van der Waals surface area contributed by atoms with E-state index in [0.29, 0.717) is 21.3 Å². The number of ether oxygens (including phenoxy) is 1. The number of nitrogens with zero attached hydrogens (tertiary/aromatic N) is 1. The van der Waals surface area contributed by atoms with Gasteiger partial charge in [-0.2, -0.15) is 0 Å². The van der Waals surface area contributed by atoms with Crippen molar-refractivity contribution >= 4 is 55.5 Å². The third-order valence-electron chi connectivity index (χ3n) is 3.97. The molecule has 0 spiro atoms. The summed E-state index contributed by atoms with van der Waals surface area (Å²) in [5.74, 6) is 0.313. The van der Waals surface area contributed by atoms with Gasteiger partial charge in [0.15, 0.2) is 5.13 Å². The minimum absolute atomic E-state index is 0.169.